The molecule has 17 heavy (non-hydrogen) atoms. The second-order valence-corrected chi connectivity index (χ2v) is 4.30. The summed E-state index contributed by atoms with van der Waals surface area (Å²) in [5.41, 5.74) is 0. The number of amides is 3. The molecule has 8 heteroatoms. The molecule has 94 valence electrons. The maximum Gasteiger partial charge on any atom is 0.312 e. The van der Waals surface area contributed by atoms with Gasteiger partial charge in [-0.3, -0.25) is 24.1 Å². The Morgan fingerprint density at radius 1 is 1.41 bits per heavy atom. The van der Waals surface area contributed by atoms with E-state index in [-0.39, 0.29) is 30.0 Å². The normalized spacial score (nSPS) is 15.2. The first-order chi connectivity index (χ1) is 8.00. The van der Waals surface area contributed by atoms with Crippen molar-refractivity contribution in [2.75, 3.05) is 18.8 Å². The number of carbonyl (C=O) groups excluding carboxylic acids is 3. The number of rotatable bonds is 6. The lowest BCUT2D eigenvalue weighted by molar-refractivity contribution is -0.140. The summed E-state index contributed by atoms with van der Waals surface area (Å²) in [7, 11) is 0. The zero-order valence-electron chi connectivity index (χ0n) is 8.97. The quantitative estimate of drug-likeness (QED) is 0.500. The minimum absolute atomic E-state index is 0.171. The molecule has 0 saturated carbocycles. The molecule has 0 unspecified atom stereocenters. The smallest absolute Gasteiger partial charge is 0.312 e. The molecule has 1 aliphatic rings. The second-order valence-electron chi connectivity index (χ2n) is 3.37. The minimum atomic E-state index is -1.19. The maximum atomic E-state index is 11.2. The van der Waals surface area contributed by atoms with Gasteiger partial charge in [0.05, 0.1) is 5.75 Å². The van der Waals surface area contributed by atoms with Crippen molar-refractivity contribution in [3.05, 3.63) is 0 Å². The van der Waals surface area contributed by atoms with Crippen LogP contribution in [0.4, 0.5) is 4.79 Å². The minimum Gasteiger partial charge on any atom is -0.481 e. The van der Waals surface area contributed by atoms with Crippen LogP contribution in [0.1, 0.15) is 12.8 Å². The van der Waals surface area contributed by atoms with E-state index in [0.29, 0.717) is 6.42 Å². The molecule has 3 amide bonds. The molecule has 0 aromatic carbocycles. The summed E-state index contributed by atoms with van der Waals surface area (Å²) in [5, 5.41) is 10.4. The van der Waals surface area contributed by atoms with Gasteiger partial charge in [-0.2, -0.15) is 0 Å². The van der Waals surface area contributed by atoms with E-state index in [9.17, 15) is 19.2 Å². The first kappa shape index (κ1) is 13.5. The van der Waals surface area contributed by atoms with Crippen molar-refractivity contribution in [1.82, 2.24) is 10.2 Å². The molecule has 0 aliphatic carbocycles. The predicted octanol–water partition coefficient (Wildman–Crippen LogP) is -0.337. The molecule has 7 nitrogen and oxygen atoms in total. The molecule has 1 heterocycles. The number of hydrogen-bond acceptors (Lipinski definition) is 5. The van der Waals surface area contributed by atoms with E-state index in [4.69, 9.17) is 5.11 Å². The lowest BCUT2D eigenvalue weighted by Crippen LogP contribution is -2.33. The molecule has 0 aromatic rings. The standard InChI is InChI=1S/C9H12N2O5S/c12-6(4-8(14)15)10-2-1-3-11-7(13)5-17-9(11)16/h1-5H2,(H,10,12)(H,14,15). The van der Waals surface area contributed by atoms with E-state index in [1.807, 2.05) is 0 Å². The fourth-order valence-corrected chi connectivity index (χ4v) is 2.01. The topological polar surface area (TPSA) is 104 Å². The zero-order chi connectivity index (χ0) is 12.8. The number of carboxylic acids is 1. The van der Waals surface area contributed by atoms with Crippen LogP contribution in [0.15, 0.2) is 0 Å². The van der Waals surface area contributed by atoms with Gasteiger partial charge in [-0.1, -0.05) is 11.8 Å². The molecule has 0 aromatic heterocycles. The molecular weight excluding hydrogens is 248 g/mol. The van der Waals surface area contributed by atoms with Crippen molar-refractivity contribution in [1.29, 1.82) is 0 Å². The highest BCUT2D eigenvalue weighted by molar-refractivity contribution is 8.14. The third-order valence-electron chi connectivity index (χ3n) is 2.03. The summed E-state index contributed by atoms with van der Waals surface area (Å²) in [6, 6.07) is 0. The van der Waals surface area contributed by atoms with Gasteiger partial charge in [0.1, 0.15) is 6.42 Å². The number of aliphatic carboxylic acids is 1. The Labute approximate surface area is 102 Å². The van der Waals surface area contributed by atoms with Crippen LogP contribution in [0.5, 0.6) is 0 Å². The van der Waals surface area contributed by atoms with Crippen LogP contribution in [-0.2, 0) is 14.4 Å². The summed E-state index contributed by atoms with van der Waals surface area (Å²) in [4.78, 5) is 44.6. The summed E-state index contributed by atoms with van der Waals surface area (Å²) in [6.07, 6.45) is -0.152. The number of nitrogens with one attached hydrogen (secondary N) is 1. The van der Waals surface area contributed by atoms with Gasteiger partial charge >= 0.3 is 5.97 Å². The summed E-state index contributed by atoms with van der Waals surface area (Å²) in [5.74, 6) is -1.82. The van der Waals surface area contributed by atoms with Gasteiger partial charge < -0.3 is 10.4 Å². The third-order valence-corrected chi connectivity index (χ3v) is 2.89. The molecular formula is C9H12N2O5S. The van der Waals surface area contributed by atoms with Gasteiger partial charge in [-0.05, 0) is 6.42 Å². The number of carbonyl (C=O) groups is 4. The average Bonchev–Trinajstić information content (AvgIpc) is 2.54. The Hall–Kier alpha value is -1.57. The second kappa shape index (κ2) is 6.24. The lowest BCUT2D eigenvalue weighted by atomic mass is 10.3. The summed E-state index contributed by atoms with van der Waals surface area (Å²) >= 11 is 0.959. The monoisotopic (exact) mass is 260 g/mol. The Morgan fingerprint density at radius 3 is 2.65 bits per heavy atom. The highest BCUT2D eigenvalue weighted by atomic mass is 32.2. The number of hydrogen-bond donors (Lipinski definition) is 2. The van der Waals surface area contributed by atoms with E-state index in [2.05, 4.69) is 5.32 Å². The van der Waals surface area contributed by atoms with Gasteiger partial charge in [-0.15, -0.1) is 0 Å². The van der Waals surface area contributed by atoms with Crippen LogP contribution >= 0.6 is 11.8 Å². The molecule has 0 bridgehead atoms. The highest BCUT2D eigenvalue weighted by Gasteiger charge is 2.28. The van der Waals surface area contributed by atoms with E-state index >= 15 is 0 Å². The predicted molar refractivity (Wildman–Crippen MR) is 59.4 cm³/mol. The van der Waals surface area contributed by atoms with Crippen molar-refractivity contribution >= 4 is 34.8 Å². The summed E-state index contributed by atoms with van der Waals surface area (Å²) < 4.78 is 0. The van der Waals surface area contributed by atoms with Crippen molar-refractivity contribution in [3.63, 3.8) is 0 Å². The molecule has 1 rings (SSSR count). The molecule has 0 spiro atoms. The van der Waals surface area contributed by atoms with Gasteiger partial charge in [0.25, 0.3) is 5.24 Å². The van der Waals surface area contributed by atoms with Crippen molar-refractivity contribution in [2.24, 2.45) is 0 Å². The van der Waals surface area contributed by atoms with Gasteiger partial charge in [-0.25, -0.2) is 0 Å². The lowest BCUT2D eigenvalue weighted by Gasteiger charge is -2.12. The van der Waals surface area contributed by atoms with Crippen LogP contribution in [0, 0.1) is 0 Å². The number of thioether (sulfide) groups is 1. The van der Waals surface area contributed by atoms with Crippen molar-refractivity contribution < 1.29 is 24.3 Å². The molecule has 1 aliphatic heterocycles. The van der Waals surface area contributed by atoms with E-state index in [1.165, 1.54) is 0 Å². The number of nitrogens with zero attached hydrogens (tertiary/aromatic N) is 1. The summed E-state index contributed by atoms with van der Waals surface area (Å²) in [6.45, 7) is 0.492. The molecule has 1 fully saturated rings. The molecule has 0 atom stereocenters. The Morgan fingerprint density at radius 2 is 2.12 bits per heavy atom. The van der Waals surface area contributed by atoms with Crippen LogP contribution in [0.3, 0.4) is 0 Å². The first-order valence-electron chi connectivity index (χ1n) is 4.96. The van der Waals surface area contributed by atoms with Gasteiger partial charge in [0.2, 0.25) is 11.8 Å². The van der Waals surface area contributed by atoms with E-state index < -0.39 is 18.3 Å². The van der Waals surface area contributed by atoms with Crippen LogP contribution in [0.25, 0.3) is 0 Å². The maximum absolute atomic E-state index is 11.2. The highest BCUT2D eigenvalue weighted by Crippen LogP contribution is 2.18. The van der Waals surface area contributed by atoms with Crippen LogP contribution in [-0.4, -0.2) is 51.9 Å². The average molecular weight is 260 g/mol. The number of imide groups is 1. The van der Waals surface area contributed by atoms with Gasteiger partial charge in [0.15, 0.2) is 0 Å². The third kappa shape index (κ3) is 4.43. The fourth-order valence-electron chi connectivity index (χ4n) is 1.26. The van der Waals surface area contributed by atoms with Crippen molar-refractivity contribution in [3.8, 4) is 0 Å². The first-order valence-corrected chi connectivity index (χ1v) is 5.95. The van der Waals surface area contributed by atoms with E-state index in [0.717, 1.165) is 16.7 Å². The largest absolute Gasteiger partial charge is 0.481 e. The van der Waals surface area contributed by atoms with Crippen molar-refractivity contribution in [2.45, 2.75) is 12.8 Å². The Balaban J connectivity index is 2.16. The van der Waals surface area contributed by atoms with Gasteiger partial charge in [0, 0.05) is 13.1 Å². The van der Waals surface area contributed by atoms with Crippen LogP contribution in [0.2, 0.25) is 0 Å². The molecule has 2 N–H and O–H groups in total. The fraction of sp³-hybridized carbons (Fsp3) is 0.556. The SMILES string of the molecule is O=C(O)CC(=O)NCCCN1C(=O)CSC1=O. The molecule has 1 saturated heterocycles. The Kier molecular flexibility index (Phi) is 4.95. The number of carboxylic acid groups (broad SMARTS) is 1. The Bertz CT molecular complexity index is 341. The van der Waals surface area contributed by atoms with Crippen LogP contribution < -0.4 is 5.32 Å². The zero-order valence-corrected chi connectivity index (χ0v) is 9.79. The molecule has 0 radical (unpaired) electrons. The van der Waals surface area contributed by atoms with E-state index in [1.54, 1.807) is 0 Å².